The molecule has 2 nitrogen and oxygen atoms in total. The minimum atomic E-state index is -0.899. The maximum absolute atomic E-state index is 9.37. The molecule has 0 atom stereocenters. The van der Waals surface area contributed by atoms with Crippen LogP contribution in [0.2, 0.25) is 0 Å². The maximum Gasteiger partial charge on any atom is 0.135 e. The van der Waals surface area contributed by atoms with Gasteiger partial charge in [0.2, 0.25) is 0 Å². The molecule has 0 radical (unpaired) electrons. The first-order valence-corrected chi connectivity index (χ1v) is 10.6. The standard InChI is InChI=1S/C34H21NO/c1-2-10-22(11-3-1)35-30-18-6-4-12-24(30)29-17-9-16-28(34(29)35)23-20-21-32-33-26(23)14-8-15-27(33)25-13-5-7-19-31(25)36-32/h1-21H/i1D,2D,3D,4D,5D,6D,7D,8D,9D,10D,11D,12D,13D,14D,15D,16D,17D,18D,19D,20D,21D. The normalized spacial score (nSPS) is 20.3. The summed E-state index contributed by atoms with van der Waals surface area (Å²) in [6.45, 7) is 0. The molecular formula is C34H21NO. The first-order valence-electron chi connectivity index (χ1n) is 21.1. The molecule has 0 spiro atoms. The lowest BCUT2D eigenvalue weighted by molar-refractivity contribution is 0.487. The number of hydrogen-bond donors (Lipinski definition) is 0. The molecule has 0 N–H and O–H groups in total. The van der Waals surface area contributed by atoms with Crippen molar-refractivity contribution in [2.75, 3.05) is 0 Å². The molecule has 0 unspecified atom stereocenters. The lowest BCUT2D eigenvalue weighted by Crippen LogP contribution is -1.98. The van der Waals surface area contributed by atoms with Gasteiger partial charge in [0.25, 0.3) is 0 Å². The van der Waals surface area contributed by atoms with Crippen molar-refractivity contribution < 1.29 is 33.5 Å². The Labute approximate surface area is 238 Å². The lowest BCUT2D eigenvalue weighted by atomic mass is 9.90. The van der Waals surface area contributed by atoms with Crippen LogP contribution in [0.5, 0.6) is 11.5 Å². The summed E-state index contributed by atoms with van der Waals surface area (Å²) in [6.07, 6.45) is 0. The minimum absolute atomic E-state index is 0.363. The highest BCUT2D eigenvalue weighted by atomic mass is 16.5. The lowest BCUT2D eigenvalue weighted by Gasteiger charge is -2.22. The van der Waals surface area contributed by atoms with Crippen molar-refractivity contribution in [1.82, 2.24) is 4.57 Å². The van der Waals surface area contributed by atoms with Crippen LogP contribution in [0.4, 0.5) is 0 Å². The van der Waals surface area contributed by atoms with Crippen molar-refractivity contribution in [1.29, 1.82) is 0 Å². The Kier molecular flexibility index (Phi) is 1.65. The molecule has 168 valence electrons. The fourth-order valence-electron chi connectivity index (χ4n) is 4.50. The smallest absolute Gasteiger partial charge is 0.135 e. The number of ether oxygens (including phenoxy) is 1. The van der Waals surface area contributed by atoms with E-state index in [1.165, 1.54) is 0 Å². The zero-order valence-electron chi connectivity index (χ0n) is 38.9. The second-order valence-corrected chi connectivity index (χ2v) is 7.77. The zero-order valence-corrected chi connectivity index (χ0v) is 17.9. The molecule has 1 aliphatic heterocycles. The molecule has 0 amide bonds. The predicted molar refractivity (Wildman–Crippen MR) is 149 cm³/mol. The zero-order chi connectivity index (χ0) is 41.9. The highest BCUT2D eigenvalue weighted by molar-refractivity contribution is 6.17. The third-order valence-corrected chi connectivity index (χ3v) is 5.93. The van der Waals surface area contributed by atoms with Crippen molar-refractivity contribution in [3.8, 4) is 39.4 Å². The van der Waals surface area contributed by atoms with Crippen LogP contribution in [0, 0.1) is 0 Å². The third kappa shape index (κ3) is 2.61. The largest absolute Gasteiger partial charge is 0.456 e. The van der Waals surface area contributed by atoms with Crippen molar-refractivity contribution >= 4 is 32.6 Å². The predicted octanol–water partition coefficient (Wildman–Crippen LogP) is 9.38. The Morgan fingerprint density at radius 2 is 1.17 bits per heavy atom. The summed E-state index contributed by atoms with van der Waals surface area (Å²) in [5.41, 5.74) is -3.83. The number of fused-ring (bicyclic) bond motifs is 5. The van der Waals surface area contributed by atoms with Crippen LogP contribution in [-0.4, -0.2) is 4.57 Å². The summed E-state index contributed by atoms with van der Waals surface area (Å²) in [6, 6.07) is -17.1. The average molecular weight is 481 g/mol. The van der Waals surface area contributed by atoms with Crippen LogP contribution < -0.4 is 4.74 Å². The summed E-state index contributed by atoms with van der Waals surface area (Å²) < 4.78 is 191. The molecule has 0 fully saturated rings. The van der Waals surface area contributed by atoms with Crippen molar-refractivity contribution in [3.05, 3.63) is 127 Å². The van der Waals surface area contributed by atoms with Crippen molar-refractivity contribution in [2.24, 2.45) is 0 Å². The fraction of sp³-hybridized carbons (Fsp3) is 0. The van der Waals surface area contributed by atoms with Gasteiger partial charge in [-0.25, -0.2) is 0 Å². The van der Waals surface area contributed by atoms with Crippen molar-refractivity contribution in [2.45, 2.75) is 0 Å². The van der Waals surface area contributed by atoms with Gasteiger partial charge in [-0.15, -0.1) is 0 Å². The molecule has 8 rings (SSSR count). The van der Waals surface area contributed by atoms with E-state index in [1.54, 1.807) is 0 Å². The molecule has 7 aromatic rings. The summed E-state index contributed by atoms with van der Waals surface area (Å²) in [4.78, 5) is 0. The van der Waals surface area contributed by atoms with Crippen LogP contribution >= 0.6 is 0 Å². The summed E-state index contributed by atoms with van der Waals surface area (Å²) >= 11 is 0. The highest BCUT2D eigenvalue weighted by Gasteiger charge is 2.23. The van der Waals surface area contributed by atoms with Gasteiger partial charge in [-0.3, -0.25) is 0 Å². The molecule has 2 heterocycles. The van der Waals surface area contributed by atoms with Crippen LogP contribution in [0.15, 0.2) is 127 Å². The third-order valence-electron chi connectivity index (χ3n) is 5.93. The molecule has 0 bridgehead atoms. The highest BCUT2D eigenvalue weighted by Crippen LogP contribution is 2.49. The van der Waals surface area contributed by atoms with Crippen LogP contribution in [0.1, 0.15) is 28.8 Å². The topological polar surface area (TPSA) is 14.2 Å². The van der Waals surface area contributed by atoms with Crippen LogP contribution in [0.3, 0.4) is 0 Å². The molecule has 1 aliphatic rings. The molecule has 0 saturated carbocycles. The average Bonchev–Trinajstić information content (AvgIpc) is 3.53. The van der Waals surface area contributed by atoms with E-state index >= 15 is 0 Å². The first-order chi connectivity index (χ1) is 26.6. The van der Waals surface area contributed by atoms with Gasteiger partial charge in [0, 0.05) is 33.0 Å². The second-order valence-electron chi connectivity index (χ2n) is 7.77. The monoisotopic (exact) mass is 480 g/mol. The molecule has 2 heteroatoms. The van der Waals surface area contributed by atoms with E-state index in [0.29, 0.717) is 0 Å². The molecule has 0 aliphatic carbocycles. The summed E-state index contributed by atoms with van der Waals surface area (Å²) in [7, 11) is 0. The van der Waals surface area contributed by atoms with Gasteiger partial charge in [0.05, 0.1) is 39.8 Å². The van der Waals surface area contributed by atoms with E-state index in [9.17, 15) is 2.74 Å². The molecule has 0 saturated heterocycles. The van der Waals surface area contributed by atoms with E-state index in [0.717, 1.165) is 4.57 Å². The van der Waals surface area contributed by atoms with E-state index in [-0.39, 0.29) is 10.9 Å². The second kappa shape index (κ2) is 7.34. The number of benzene rings is 6. The molecule has 36 heavy (non-hydrogen) atoms. The number of nitrogens with zero attached hydrogens (tertiary/aromatic N) is 1. The van der Waals surface area contributed by atoms with E-state index < -0.39 is 188 Å². The fourth-order valence-corrected chi connectivity index (χ4v) is 4.50. The first kappa shape index (κ1) is 8.11. The summed E-state index contributed by atoms with van der Waals surface area (Å²) in [5.74, 6) is -1.08. The molecule has 1 aromatic heterocycles. The maximum atomic E-state index is 9.37. The van der Waals surface area contributed by atoms with E-state index in [2.05, 4.69) is 0 Å². The quantitative estimate of drug-likeness (QED) is 0.240. The Morgan fingerprint density at radius 3 is 2.08 bits per heavy atom. The van der Waals surface area contributed by atoms with Gasteiger partial charge < -0.3 is 9.30 Å². The van der Waals surface area contributed by atoms with Gasteiger partial charge in [-0.2, -0.15) is 0 Å². The SMILES string of the molecule is [2H]c1c([2H])c([2H])c(-n2c3c([2H])c([2H])c([2H])c([2H])c3c3c([2H])c([2H])c([2H])c(-c4c([2H])c([2H])c5c6c(c([2H])c([2H])c([2H])c46)-c4c([2H])c([2H])c([2H])c([2H])c4O5)c32)c([2H])c1[2H]. The van der Waals surface area contributed by atoms with Crippen LogP contribution in [-0.2, 0) is 0 Å². The van der Waals surface area contributed by atoms with Gasteiger partial charge in [0.1, 0.15) is 11.5 Å². The van der Waals surface area contributed by atoms with Crippen molar-refractivity contribution in [3.63, 3.8) is 0 Å². The van der Waals surface area contributed by atoms with Gasteiger partial charge >= 0.3 is 0 Å². The minimum Gasteiger partial charge on any atom is -0.456 e. The van der Waals surface area contributed by atoms with E-state index in [1.807, 2.05) is 0 Å². The Balaban J connectivity index is 1.74. The van der Waals surface area contributed by atoms with Crippen LogP contribution in [0.25, 0.3) is 60.5 Å². The van der Waals surface area contributed by atoms with Gasteiger partial charge in [-0.05, 0) is 52.8 Å². The number of rotatable bonds is 2. The molecular weight excluding hydrogens is 438 g/mol. The Morgan fingerprint density at radius 1 is 0.472 bits per heavy atom. The van der Waals surface area contributed by atoms with E-state index in [4.69, 9.17) is 30.8 Å². The Hall–Kier alpha value is -4.82. The number of hydrogen-bond acceptors (Lipinski definition) is 1. The summed E-state index contributed by atoms with van der Waals surface area (Å²) in [5, 5.41) is -1.81. The molecule has 6 aromatic carbocycles. The Bertz CT molecular complexity index is 3090. The van der Waals surface area contributed by atoms with Gasteiger partial charge in [-0.1, -0.05) is 90.6 Å². The number of aromatic nitrogens is 1. The number of para-hydroxylation sites is 4. The van der Waals surface area contributed by atoms with Gasteiger partial charge in [0.15, 0.2) is 0 Å².